The predicted molar refractivity (Wildman–Crippen MR) is 86.7 cm³/mol. The molecule has 0 saturated carbocycles. The van der Waals surface area contributed by atoms with Crippen LogP contribution in [-0.4, -0.2) is 4.98 Å². The summed E-state index contributed by atoms with van der Waals surface area (Å²) in [4.78, 5) is 4.14. The smallest absolute Gasteiger partial charge is 0.0312 e. The summed E-state index contributed by atoms with van der Waals surface area (Å²) in [6, 6.07) is 23.1. The molecular formula is C19H18N2. The molecule has 0 amide bonds. The molecule has 21 heavy (non-hydrogen) atoms. The fraction of sp³-hybridized carbons (Fsp3) is 0.105. The van der Waals surface area contributed by atoms with Crippen molar-refractivity contribution in [3.8, 4) is 11.1 Å². The summed E-state index contributed by atoms with van der Waals surface area (Å²) in [6.45, 7) is 1.68. The summed E-state index contributed by atoms with van der Waals surface area (Å²) in [5.74, 6) is 0. The van der Waals surface area contributed by atoms with E-state index in [-0.39, 0.29) is 0 Å². The van der Waals surface area contributed by atoms with Crippen LogP contribution in [0.25, 0.3) is 11.1 Å². The average molecular weight is 274 g/mol. The molecule has 2 aromatic carbocycles. The van der Waals surface area contributed by atoms with Crippen molar-refractivity contribution in [2.75, 3.05) is 0 Å². The first-order valence-corrected chi connectivity index (χ1v) is 7.16. The molecule has 0 saturated heterocycles. The number of aromatic nitrogens is 1. The predicted octanol–water partition coefficient (Wildman–Crippen LogP) is 4.04. The van der Waals surface area contributed by atoms with Gasteiger partial charge in [-0.1, -0.05) is 60.7 Å². The van der Waals surface area contributed by atoms with Gasteiger partial charge in [-0.05, 0) is 28.3 Å². The van der Waals surface area contributed by atoms with E-state index in [0.29, 0.717) is 0 Å². The molecule has 2 nitrogen and oxygen atoms in total. The Morgan fingerprint density at radius 3 is 2.38 bits per heavy atom. The Morgan fingerprint density at radius 1 is 0.762 bits per heavy atom. The van der Waals surface area contributed by atoms with Gasteiger partial charge in [0.15, 0.2) is 0 Å². The molecule has 0 bridgehead atoms. The maximum absolute atomic E-state index is 4.14. The second-order valence-electron chi connectivity index (χ2n) is 4.99. The fourth-order valence-corrected chi connectivity index (χ4v) is 2.42. The normalized spacial score (nSPS) is 10.5. The van der Waals surface area contributed by atoms with Crippen molar-refractivity contribution in [1.29, 1.82) is 0 Å². The van der Waals surface area contributed by atoms with Crippen LogP contribution in [0.3, 0.4) is 0 Å². The molecule has 0 unspecified atom stereocenters. The zero-order chi connectivity index (χ0) is 14.3. The van der Waals surface area contributed by atoms with Gasteiger partial charge in [-0.3, -0.25) is 4.98 Å². The molecule has 1 heterocycles. The summed E-state index contributed by atoms with van der Waals surface area (Å²) >= 11 is 0. The van der Waals surface area contributed by atoms with Crippen LogP contribution in [0.1, 0.15) is 11.1 Å². The number of hydrogen-bond donors (Lipinski definition) is 1. The van der Waals surface area contributed by atoms with Gasteiger partial charge in [0, 0.05) is 25.5 Å². The van der Waals surface area contributed by atoms with Gasteiger partial charge in [0.2, 0.25) is 0 Å². The van der Waals surface area contributed by atoms with Gasteiger partial charge >= 0.3 is 0 Å². The molecule has 1 aromatic heterocycles. The number of benzene rings is 2. The Hall–Kier alpha value is -2.45. The minimum atomic E-state index is 0.830. The van der Waals surface area contributed by atoms with Gasteiger partial charge in [-0.25, -0.2) is 0 Å². The summed E-state index contributed by atoms with van der Waals surface area (Å²) in [5.41, 5.74) is 5.07. The molecule has 3 rings (SSSR count). The molecule has 0 radical (unpaired) electrons. The van der Waals surface area contributed by atoms with E-state index in [1.165, 1.54) is 22.3 Å². The monoisotopic (exact) mass is 274 g/mol. The first-order chi connectivity index (χ1) is 10.4. The van der Waals surface area contributed by atoms with Crippen molar-refractivity contribution in [2.45, 2.75) is 13.1 Å². The third-order valence-corrected chi connectivity index (χ3v) is 3.47. The molecule has 0 spiro atoms. The summed E-state index contributed by atoms with van der Waals surface area (Å²) in [5, 5.41) is 3.49. The van der Waals surface area contributed by atoms with E-state index in [1.54, 1.807) is 6.20 Å². The largest absolute Gasteiger partial charge is 0.309 e. The van der Waals surface area contributed by atoms with E-state index in [2.05, 4.69) is 64.9 Å². The van der Waals surface area contributed by atoms with E-state index >= 15 is 0 Å². The van der Waals surface area contributed by atoms with Crippen LogP contribution in [-0.2, 0) is 13.1 Å². The van der Waals surface area contributed by atoms with Gasteiger partial charge in [0.05, 0.1) is 0 Å². The van der Waals surface area contributed by atoms with Gasteiger partial charge in [-0.15, -0.1) is 0 Å². The maximum atomic E-state index is 4.14. The lowest BCUT2D eigenvalue weighted by atomic mass is 10.00. The van der Waals surface area contributed by atoms with Gasteiger partial charge in [0.25, 0.3) is 0 Å². The standard InChI is InChI=1S/C19H18N2/c1-2-8-17(9-3-1)19-11-5-4-10-18(19)15-21-14-16-7-6-12-20-13-16/h1-13,21H,14-15H2. The summed E-state index contributed by atoms with van der Waals surface area (Å²) < 4.78 is 0. The topological polar surface area (TPSA) is 24.9 Å². The Balaban J connectivity index is 1.71. The van der Waals surface area contributed by atoms with E-state index < -0.39 is 0 Å². The van der Waals surface area contributed by atoms with Crippen molar-refractivity contribution in [2.24, 2.45) is 0 Å². The fourth-order valence-electron chi connectivity index (χ4n) is 2.42. The van der Waals surface area contributed by atoms with Crippen molar-refractivity contribution in [3.05, 3.63) is 90.3 Å². The average Bonchev–Trinajstić information content (AvgIpc) is 2.57. The first kappa shape index (κ1) is 13.5. The summed E-state index contributed by atoms with van der Waals surface area (Å²) in [7, 11) is 0. The lowest BCUT2D eigenvalue weighted by Crippen LogP contribution is -2.13. The Kier molecular flexibility index (Phi) is 4.39. The third-order valence-electron chi connectivity index (χ3n) is 3.47. The van der Waals surface area contributed by atoms with E-state index in [1.807, 2.05) is 18.3 Å². The van der Waals surface area contributed by atoms with Crippen molar-refractivity contribution < 1.29 is 0 Å². The Morgan fingerprint density at radius 2 is 1.57 bits per heavy atom. The number of hydrogen-bond acceptors (Lipinski definition) is 2. The lowest BCUT2D eigenvalue weighted by Gasteiger charge is -2.11. The Labute approximate surface area is 125 Å². The van der Waals surface area contributed by atoms with Gasteiger partial charge < -0.3 is 5.32 Å². The van der Waals surface area contributed by atoms with Crippen molar-refractivity contribution >= 4 is 0 Å². The Bertz CT molecular complexity index is 678. The van der Waals surface area contributed by atoms with Crippen LogP contribution in [0.15, 0.2) is 79.1 Å². The zero-order valence-electron chi connectivity index (χ0n) is 11.9. The van der Waals surface area contributed by atoms with Crippen LogP contribution >= 0.6 is 0 Å². The van der Waals surface area contributed by atoms with Crippen LogP contribution in [0.5, 0.6) is 0 Å². The first-order valence-electron chi connectivity index (χ1n) is 7.16. The van der Waals surface area contributed by atoms with Crippen LogP contribution in [0, 0.1) is 0 Å². The molecule has 1 N–H and O–H groups in total. The van der Waals surface area contributed by atoms with Gasteiger partial charge in [-0.2, -0.15) is 0 Å². The molecule has 104 valence electrons. The molecule has 3 aromatic rings. The SMILES string of the molecule is c1ccc(-c2ccccc2CNCc2cccnc2)cc1. The molecule has 0 fully saturated rings. The van der Waals surface area contributed by atoms with E-state index in [0.717, 1.165) is 13.1 Å². The molecular weight excluding hydrogens is 256 g/mol. The molecule has 0 aliphatic carbocycles. The highest BCUT2D eigenvalue weighted by atomic mass is 14.8. The maximum Gasteiger partial charge on any atom is 0.0312 e. The quantitative estimate of drug-likeness (QED) is 0.759. The minimum absolute atomic E-state index is 0.830. The van der Waals surface area contributed by atoms with Crippen LogP contribution in [0.2, 0.25) is 0 Å². The van der Waals surface area contributed by atoms with Crippen molar-refractivity contribution in [1.82, 2.24) is 10.3 Å². The number of nitrogens with one attached hydrogen (secondary N) is 1. The molecule has 2 heteroatoms. The highest BCUT2D eigenvalue weighted by molar-refractivity contribution is 5.67. The van der Waals surface area contributed by atoms with E-state index in [9.17, 15) is 0 Å². The zero-order valence-corrected chi connectivity index (χ0v) is 11.9. The van der Waals surface area contributed by atoms with E-state index in [4.69, 9.17) is 0 Å². The summed E-state index contributed by atoms with van der Waals surface area (Å²) in [6.07, 6.45) is 3.70. The highest BCUT2D eigenvalue weighted by Gasteiger charge is 2.03. The lowest BCUT2D eigenvalue weighted by molar-refractivity contribution is 0.692. The van der Waals surface area contributed by atoms with Crippen LogP contribution < -0.4 is 5.32 Å². The minimum Gasteiger partial charge on any atom is -0.309 e. The van der Waals surface area contributed by atoms with Crippen molar-refractivity contribution in [3.63, 3.8) is 0 Å². The second kappa shape index (κ2) is 6.82. The molecule has 0 atom stereocenters. The third kappa shape index (κ3) is 3.56. The number of nitrogens with zero attached hydrogens (tertiary/aromatic N) is 1. The second-order valence-corrected chi connectivity index (χ2v) is 4.99. The molecule has 0 aliphatic heterocycles. The van der Waals surface area contributed by atoms with Crippen LogP contribution in [0.4, 0.5) is 0 Å². The number of pyridine rings is 1. The number of rotatable bonds is 5. The molecule has 0 aliphatic rings. The highest BCUT2D eigenvalue weighted by Crippen LogP contribution is 2.23. The van der Waals surface area contributed by atoms with Gasteiger partial charge in [0.1, 0.15) is 0 Å².